The number of benzene rings is 1. The van der Waals surface area contributed by atoms with Gasteiger partial charge in [0, 0.05) is 10.8 Å². The molecule has 3 nitrogen and oxygen atoms in total. The number of aromatic nitrogens is 1. The van der Waals surface area contributed by atoms with E-state index in [-0.39, 0.29) is 0 Å². The van der Waals surface area contributed by atoms with Crippen molar-refractivity contribution in [1.82, 2.24) is 0 Å². The zero-order valence-electron chi connectivity index (χ0n) is 10.1. The van der Waals surface area contributed by atoms with Gasteiger partial charge in [0.05, 0.1) is 6.07 Å². The quantitative estimate of drug-likeness (QED) is 0.753. The molecule has 0 saturated heterocycles. The number of ether oxygens (including phenoxy) is 1. The van der Waals surface area contributed by atoms with Crippen LogP contribution in [0, 0.1) is 6.92 Å². The molecule has 17 heavy (non-hydrogen) atoms. The highest BCUT2D eigenvalue weighted by Crippen LogP contribution is 2.17. The first-order chi connectivity index (χ1) is 8.29. The van der Waals surface area contributed by atoms with Crippen molar-refractivity contribution in [3.8, 4) is 11.6 Å². The van der Waals surface area contributed by atoms with Gasteiger partial charge in [-0.15, -0.1) is 0 Å². The summed E-state index contributed by atoms with van der Waals surface area (Å²) in [5.74, 6) is 1.47. The van der Waals surface area contributed by atoms with E-state index in [4.69, 9.17) is 9.57 Å². The lowest BCUT2D eigenvalue weighted by Gasteiger charge is -2.03. The maximum absolute atomic E-state index is 5.76. The molecule has 0 aliphatic rings. The van der Waals surface area contributed by atoms with Gasteiger partial charge >= 0.3 is 5.88 Å². The van der Waals surface area contributed by atoms with Crippen molar-refractivity contribution in [2.75, 3.05) is 6.61 Å². The van der Waals surface area contributed by atoms with Crippen LogP contribution >= 0.6 is 0 Å². The van der Waals surface area contributed by atoms with Gasteiger partial charge in [-0.25, -0.2) is 0 Å². The molecule has 0 spiro atoms. The zero-order valence-corrected chi connectivity index (χ0v) is 10.1. The maximum Gasteiger partial charge on any atom is 0.422 e. The smallest absolute Gasteiger partial charge is 0.402 e. The van der Waals surface area contributed by atoms with Crippen LogP contribution in [0.2, 0.25) is 0 Å². The summed E-state index contributed by atoms with van der Waals surface area (Å²) in [6.07, 6.45) is 1.83. The molecule has 0 N–H and O–H groups in total. The zero-order chi connectivity index (χ0) is 12.1. The molecule has 88 valence electrons. The van der Waals surface area contributed by atoms with E-state index in [1.165, 1.54) is 5.56 Å². The molecule has 0 aliphatic heterocycles. The molecule has 1 aromatic carbocycles. The van der Waals surface area contributed by atoms with Crippen LogP contribution in [0.15, 0.2) is 48.7 Å². The predicted molar refractivity (Wildman–Crippen MR) is 65.0 cm³/mol. The fraction of sp³-hybridized carbons (Fsp3) is 0.214. The Hall–Kier alpha value is -2.03. The first kappa shape index (κ1) is 11.5. The molecule has 0 unspecified atom stereocenters. The molecular formula is C14H16NO2+. The Morgan fingerprint density at radius 1 is 1.06 bits per heavy atom. The van der Waals surface area contributed by atoms with Crippen molar-refractivity contribution < 1.29 is 14.3 Å². The Morgan fingerprint density at radius 2 is 1.82 bits per heavy atom. The minimum absolute atomic E-state index is 0.596. The number of pyridine rings is 1. The molecule has 1 aromatic heterocycles. The van der Waals surface area contributed by atoms with Gasteiger partial charge in [0.1, 0.15) is 5.75 Å². The van der Waals surface area contributed by atoms with Gasteiger partial charge < -0.3 is 4.74 Å². The fourth-order valence-electron chi connectivity index (χ4n) is 1.46. The SMILES string of the molecule is CCO[n+]1ccccc1Oc1ccc(C)cc1. The number of hydrogen-bond donors (Lipinski definition) is 0. The molecule has 0 radical (unpaired) electrons. The number of nitrogens with zero attached hydrogens (tertiary/aromatic N) is 1. The van der Waals surface area contributed by atoms with Crippen molar-refractivity contribution in [2.24, 2.45) is 0 Å². The molecular weight excluding hydrogens is 214 g/mol. The van der Waals surface area contributed by atoms with Crippen LogP contribution in [-0.2, 0) is 0 Å². The lowest BCUT2D eigenvalue weighted by atomic mass is 10.2. The summed E-state index contributed by atoms with van der Waals surface area (Å²) in [5, 5.41) is 0. The molecule has 0 aliphatic carbocycles. The average molecular weight is 230 g/mol. The Bertz CT molecular complexity index is 480. The van der Waals surface area contributed by atoms with E-state index in [1.54, 1.807) is 4.73 Å². The Kier molecular flexibility index (Phi) is 3.60. The molecule has 2 aromatic rings. The topological polar surface area (TPSA) is 22.3 Å². The van der Waals surface area contributed by atoms with Crippen LogP contribution in [0.25, 0.3) is 0 Å². The molecule has 2 rings (SSSR count). The average Bonchev–Trinajstić information content (AvgIpc) is 2.35. The lowest BCUT2D eigenvalue weighted by molar-refractivity contribution is -0.892. The van der Waals surface area contributed by atoms with Crippen molar-refractivity contribution in [1.29, 1.82) is 0 Å². The van der Waals surface area contributed by atoms with Gasteiger partial charge in [0.2, 0.25) is 6.20 Å². The number of aryl methyl sites for hydroxylation is 1. The van der Waals surface area contributed by atoms with Crippen molar-refractivity contribution in [3.63, 3.8) is 0 Å². The van der Waals surface area contributed by atoms with Gasteiger partial charge in [-0.2, -0.15) is 0 Å². The summed E-state index contributed by atoms with van der Waals surface area (Å²) in [7, 11) is 0. The second-order valence-electron chi connectivity index (χ2n) is 3.70. The lowest BCUT2D eigenvalue weighted by Crippen LogP contribution is -2.43. The van der Waals surface area contributed by atoms with Crippen LogP contribution in [-0.4, -0.2) is 6.61 Å². The summed E-state index contributed by atoms with van der Waals surface area (Å²) >= 11 is 0. The molecule has 3 heteroatoms. The Morgan fingerprint density at radius 3 is 2.53 bits per heavy atom. The fourth-order valence-corrected chi connectivity index (χ4v) is 1.46. The molecule has 0 amide bonds. The second kappa shape index (κ2) is 5.34. The van der Waals surface area contributed by atoms with Crippen LogP contribution in [0.3, 0.4) is 0 Å². The standard InChI is InChI=1S/C14H16NO2/c1-3-16-15-11-5-4-6-14(15)17-13-9-7-12(2)8-10-13/h4-11H,3H2,1-2H3/q+1. The third kappa shape index (κ3) is 2.97. The van der Waals surface area contributed by atoms with E-state index in [0.717, 1.165) is 5.75 Å². The minimum atomic E-state index is 0.596. The summed E-state index contributed by atoms with van der Waals surface area (Å²) in [6.45, 7) is 4.58. The largest absolute Gasteiger partial charge is 0.422 e. The van der Waals surface area contributed by atoms with E-state index in [9.17, 15) is 0 Å². The first-order valence-corrected chi connectivity index (χ1v) is 5.68. The first-order valence-electron chi connectivity index (χ1n) is 5.68. The Labute approximate surface area is 101 Å². The van der Waals surface area contributed by atoms with Gasteiger partial charge in [-0.3, -0.25) is 4.84 Å². The molecule has 0 bridgehead atoms. The highest BCUT2D eigenvalue weighted by molar-refractivity contribution is 5.28. The Balaban J connectivity index is 2.20. The predicted octanol–water partition coefficient (Wildman–Crippen LogP) is 2.52. The number of rotatable bonds is 4. The van der Waals surface area contributed by atoms with E-state index in [1.807, 2.05) is 62.5 Å². The van der Waals surface area contributed by atoms with Crippen molar-refractivity contribution in [3.05, 3.63) is 54.2 Å². The summed E-state index contributed by atoms with van der Waals surface area (Å²) in [5.41, 5.74) is 1.21. The van der Waals surface area contributed by atoms with Crippen LogP contribution < -0.4 is 14.3 Å². The van der Waals surface area contributed by atoms with Crippen LogP contribution in [0.4, 0.5) is 0 Å². The van der Waals surface area contributed by atoms with Gasteiger partial charge in [0.15, 0.2) is 6.61 Å². The highest BCUT2D eigenvalue weighted by atomic mass is 16.7. The van der Waals surface area contributed by atoms with Crippen LogP contribution in [0.5, 0.6) is 11.6 Å². The normalized spacial score (nSPS) is 10.0. The maximum atomic E-state index is 5.76. The highest BCUT2D eigenvalue weighted by Gasteiger charge is 2.12. The van der Waals surface area contributed by atoms with Crippen LogP contribution in [0.1, 0.15) is 12.5 Å². The van der Waals surface area contributed by atoms with E-state index in [2.05, 4.69) is 0 Å². The van der Waals surface area contributed by atoms with E-state index < -0.39 is 0 Å². The minimum Gasteiger partial charge on any atom is -0.402 e. The molecule has 1 heterocycles. The van der Waals surface area contributed by atoms with Gasteiger partial charge in [-0.1, -0.05) is 17.7 Å². The van der Waals surface area contributed by atoms with Gasteiger partial charge in [-0.05, 0) is 32.0 Å². The second-order valence-corrected chi connectivity index (χ2v) is 3.70. The molecule has 0 atom stereocenters. The molecule has 0 saturated carbocycles. The van der Waals surface area contributed by atoms with Crippen molar-refractivity contribution >= 4 is 0 Å². The summed E-state index contributed by atoms with van der Waals surface area (Å²) in [4.78, 5) is 5.42. The molecule has 0 fully saturated rings. The monoisotopic (exact) mass is 230 g/mol. The number of hydrogen-bond acceptors (Lipinski definition) is 2. The third-order valence-corrected chi connectivity index (χ3v) is 2.30. The van der Waals surface area contributed by atoms with Gasteiger partial charge in [0.25, 0.3) is 0 Å². The van der Waals surface area contributed by atoms with E-state index >= 15 is 0 Å². The van der Waals surface area contributed by atoms with Crippen molar-refractivity contribution in [2.45, 2.75) is 13.8 Å². The summed E-state index contributed by atoms with van der Waals surface area (Å²) in [6, 6.07) is 13.6. The van der Waals surface area contributed by atoms with E-state index in [0.29, 0.717) is 12.5 Å². The summed E-state index contributed by atoms with van der Waals surface area (Å²) < 4.78 is 7.38. The third-order valence-electron chi connectivity index (χ3n) is 2.30.